The zero-order valence-electron chi connectivity index (χ0n) is 35.6. The molecule has 0 saturated carbocycles. The number of aryl methyl sites for hydroxylation is 1. The molecule has 1 amide bonds. The Kier molecular flexibility index (Phi) is 10.9. The van der Waals surface area contributed by atoms with E-state index in [4.69, 9.17) is 19.9 Å². The molecule has 2 unspecified atom stereocenters. The predicted octanol–water partition coefficient (Wildman–Crippen LogP) is 5.37. The van der Waals surface area contributed by atoms with E-state index in [2.05, 4.69) is 5.73 Å². The van der Waals surface area contributed by atoms with E-state index in [0.717, 1.165) is 41.3 Å². The highest BCUT2D eigenvalue weighted by atomic mass is 16.6. The Labute approximate surface area is 358 Å². The number of hydrogen-bond acceptors (Lipinski definition) is 11. The number of amidine groups is 1. The maximum Gasteiger partial charge on any atom is 0.415 e. The molecular formula is C47H53N6O9+. The summed E-state index contributed by atoms with van der Waals surface area (Å²) in [5.41, 5.74) is 8.11. The molecule has 3 aliphatic rings. The smallest absolute Gasteiger partial charge is 0.415 e. The monoisotopic (exact) mass is 845 g/mol. The zero-order chi connectivity index (χ0) is 44.4. The maximum atomic E-state index is 13.7. The first-order valence-corrected chi connectivity index (χ1v) is 21.1. The average molecular weight is 846 g/mol. The maximum absolute atomic E-state index is 13.7. The number of amides is 1. The van der Waals surface area contributed by atoms with E-state index in [1.807, 2.05) is 51.1 Å². The molecule has 3 aliphatic heterocycles. The molecule has 0 radical (unpaired) electrons. The Morgan fingerprint density at radius 1 is 1.05 bits per heavy atom. The van der Waals surface area contributed by atoms with Crippen molar-refractivity contribution >= 4 is 34.5 Å². The number of ether oxygens (including phenoxy) is 2. The van der Waals surface area contributed by atoms with Crippen LogP contribution in [0.5, 0.6) is 17.2 Å². The first-order valence-electron chi connectivity index (χ1n) is 21.1. The van der Waals surface area contributed by atoms with Gasteiger partial charge in [-0.15, -0.1) is 0 Å². The first-order chi connectivity index (χ1) is 29.4. The molecule has 5 heterocycles. The van der Waals surface area contributed by atoms with Crippen molar-refractivity contribution in [3.63, 3.8) is 0 Å². The van der Waals surface area contributed by atoms with Crippen LogP contribution in [0.1, 0.15) is 98.7 Å². The van der Waals surface area contributed by atoms with Crippen molar-refractivity contribution in [1.29, 1.82) is 5.41 Å². The number of nitrogens with zero attached hydrogens (tertiary/aromatic N) is 4. The minimum atomic E-state index is -1.91. The normalized spacial score (nSPS) is 18.2. The molecule has 15 heteroatoms. The van der Waals surface area contributed by atoms with Crippen LogP contribution in [0.4, 0.5) is 10.5 Å². The van der Waals surface area contributed by atoms with Gasteiger partial charge in [0.2, 0.25) is 0 Å². The molecule has 8 N–H and O–H groups in total. The SMILES string of the molecule is CCc1c2c(nc3ccc(OC(=O)N4CCC(Cc5ccc(N(C(=N)c6cc(C(C)C)c(O)cc6O)C(C)([NH3+])O)cc5)CC4)cc13)-c1cc3c(c(=O)n1C2)COC(=O)C3(O)CC. The summed E-state index contributed by atoms with van der Waals surface area (Å²) < 4.78 is 12.8. The summed E-state index contributed by atoms with van der Waals surface area (Å²) in [5, 5.41) is 53.1. The van der Waals surface area contributed by atoms with Crippen LogP contribution in [-0.4, -0.2) is 71.7 Å². The van der Waals surface area contributed by atoms with Crippen LogP contribution >= 0.6 is 0 Å². The van der Waals surface area contributed by atoms with Gasteiger partial charge in [0, 0.05) is 42.6 Å². The standard InChI is InChI=1S/C47H52N6O9/c1-6-30-32-19-29(12-13-37(32)50-41-34(30)23-52-38(41)21-36-35(43(52)56)24-61-44(57)47(36,60)7-2)62-45(58)51-16-14-27(15-17-51)18-26-8-10-28(11-9-26)53(46(5,49)59)42(48)33-20-31(25(3)4)39(54)22-40(33)55/h8-13,19-22,25,27,48,54-55,59-60H,6-7,14-18,23-24,49H2,1-5H3/p+1. The van der Waals surface area contributed by atoms with Crippen molar-refractivity contribution < 1.29 is 45.2 Å². The van der Waals surface area contributed by atoms with E-state index in [1.54, 1.807) is 40.7 Å². The molecular weight excluding hydrogens is 793 g/mol. The number of benzene rings is 3. The van der Waals surface area contributed by atoms with Crippen molar-refractivity contribution in [2.45, 2.75) is 97.2 Å². The lowest BCUT2D eigenvalue weighted by Crippen LogP contribution is -2.80. The van der Waals surface area contributed by atoms with Crippen LogP contribution < -0.4 is 20.9 Å². The van der Waals surface area contributed by atoms with Crippen molar-refractivity contribution in [2.75, 3.05) is 18.0 Å². The quantitative estimate of drug-likeness (QED) is 0.0470. The third-order valence-electron chi connectivity index (χ3n) is 12.7. The van der Waals surface area contributed by atoms with Crippen LogP contribution in [0.25, 0.3) is 22.3 Å². The number of phenols is 2. The molecule has 2 atom stereocenters. The number of quaternary nitrogens is 1. The third kappa shape index (κ3) is 7.33. The summed E-state index contributed by atoms with van der Waals surface area (Å²) in [6.45, 7) is 10.1. The Balaban J connectivity index is 0.929. The molecule has 8 rings (SSSR count). The van der Waals surface area contributed by atoms with E-state index in [1.165, 1.54) is 17.9 Å². The largest absolute Gasteiger partial charge is 0.508 e. The molecule has 5 aromatic rings. The van der Waals surface area contributed by atoms with Gasteiger partial charge in [0.1, 0.15) is 29.7 Å². The number of pyridine rings is 2. The summed E-state index contributed by atoms with van der Waals surface area (Å²) >= 11 is 0. The number of aromatic hydroxyl groups is 2. The number of carbonyl (C=O) groups is 2. The molecule has 0 bridgehead atoms. The van der Waals surface area contributed by atoms with Gasteiger partial charge in [0.25, 0.3) is 11.4 Å². The van der Waals surface area contributed by atoms with Crippen molar-refractivity contribution in [3.8, 4) is 28.6 Å². The first kappa shape index (κ1) is 42.4. The number of piperidine rings is 1. The van der Waals surface area contributed by atoms with Gasteiger partial charge in [0.15, 0.2) is 5.60 Å². The fraction of sp³-hybridized carbons (Fsp3) is 0.383. The summed E-state index contributed by atoms with van der Waals surface area (Å²) in [6, 6.07) is 17.3. The Morgan fingerprint density at radius 2 is 1.76 bits per heavy atom. The third-order valence-corrected chi connectivity index (χ3v) is 12.7. The second-order valence-electron chi connectivity index (χ2n) is 17.2. The van der Waals surface area contributed by atoms with Crippen LogP contribution in [-0.2, 0) is 41.1 Å². The number of anilines is 1. The fourth-order valence-electron chi connectivity index (χ4n) is 9.22. The lowest BCUT2D eigenvalue weighted by molar-refractivity contribution is -0.536. The van der Waals surface area contributed by atoms with Gasteiger partial charge in [-0.3, -0.25) is 10.2 Å². The minimum absolute atomic E-state index is 0.0594. The molecule has 1 saturated heterocycles. The second-order valence-corrected chi connectivity index (χ2v) is 17.2. The number of carbonyl (C=O) groups excluding carboxylic acids is 2. The highest BCUT2D eigenvalue weighted by molar-refractivity contribution is 6.10. The van der Waals surface area contributed by atoms with Crippen LogP contribution in [0.3, 0.4) is 0 Å². The van der Waals surface area contributed by atoms with Crippen molar-refractivity contribution in [3.05, 3.63) is 110 Å². The molecule has 3 aromatic carbocycles. The molecule has 324 valence electrons. The van der Waals surface area contributed by atoms with E-state index >= 15 is 0 Å². The molecule has 1 fully saturated rings. The van der Waals surface area contributed by atoms with Gasteiger partial charge < -0.3 is 45.1 Å². The number of cyclic esters (lactones) is 1. The van der Waals surface area contributed by atoms with Gasteiger partial charge in [-0.25, -0.2) is 19.5 Å². The Bertz CT molecular complexity index is 2700. The number of aromatic nitrogens is 2. The van der Waals surface area contributed by atoms with Crippen LogP contribution in [0, 0.1) is 11.3 Å². The number of phenolic OH excluding ortho intramolecular Hbond substituents is 2. The van der Waals surface area contributed by atoms with E-state index in [9.17, 15) is 34.8 Å². The van der Waals surface area contributed by atoms with Gasteiger partial charge >= 0.3 is 12.1 Å². The number of hydrogen-bond donors (Lipinski definition) is 6. The fourth-order valence-corrected chi connectivity index (χ4v) is 9.22. The van der Waals surface area contributed by atoms with Gasteiger partial charge in [-0.2, -0.15) is 0 Å². The Morgan fingerprint density at radius 3 is 2.40 bits per heavy atom. The predicted molar refractivity (Wildman–Crippen MR) is 231 cm³/mol. The molecule has 15 nitrogen and oxygen atoms in total. The zero-order valence-corrected chi connectivity index (χ0v) is 35.6. The van der Waals surface area contributed by atoms with Gasteiger partial charge in [0.05, 0.1) is 40.3 Å². The molecule has 0 spiro atoms. The number of nitrogens with one attached hydrogen (secondary N) is 1. The lowest BCUT2D eigenvalue weighted by Gasteiger charge is -2.33. The number of esters is 1. The van der Waals surface area contributed by atoms with Gasteiger partial charge in [-0.1, -0.05) is 39.8 Å². The van der Waals surface area contributed by atoms with Gasteiger partial charge in [-0.05, 0) is 103 Å². The number of aliphatic hydroxyl groups is 2. The summed E-state index contributed by atoms with van der Waals surface area (Å²) in [4.78, 5) is 47.8. The summed E-state index contributed by atoms with van der Waals surface area (Å²) in [6.07, 6.45) is 2.55. The van der Waals surface area contributed by atoms with Crippen LogP contribution in [0.15, 0.2) is 65.5 Å². The lowest BCUT2D eigenvalue weighted by atomic mass is 9.86. The second kappa shape index (κ2) is 15.9. The summed E-state index contributed by atoms with van der Waals surface area (Å²) in [5.74, 6) is -2.38. The molecule has 0 aliphatic carbocycles. The Hall–Kier alpha value is -6.29. The summed E-state index contributed by atoms with van der Waals surface area (Å²) in [7, 11) is 0. The van der Waals surface area contributed by atoms with Crippen molar-refractivity contribution in [1.82, 2.24) is 14.5 Å². The minimum Gasteiger partial charge on any atom is -0.508 e. The average Bonchev–Trinajstić information content (AvgIpc) is 3.60. The van der Waals surface area contributed by atoms with E-state index in [0.29, 0.717) is 59.3 Å². The number of likely N-dealkylation sites (tertiary alicyclic amines) is 1. The number of fused-ring (bicyclic) bond motifs is 5. The van der Waals surface area contributed by atoms with Crippen molar-refractivity contribution in [2.24, 2.45) is 5.92 Å². The van der Waals surface area contributed by atoms with E-state index < -0.39 is 23.5 Å². The topological polar surface area (TPSA) is 226 Å². The highest BCUT2D eigenvalue weighted by Crippen LogP contribution is 2.41. The number of rotatable bonds is 9. The molecule has 62 heavy (non-hydrogen) atoms. The van der Waals surface area contributed by atoms with E-state index in [-0.39, 0.29) is 65.1 Å². The highest BCUT2D eigenvalue weighted by Gasteiger charge is 2.45. The molecule has 2 aromatic heterocycles. The van der Waals surface area contributed by atoms with Crippen LogP contribution in [0.2, 0.25) is 0 Å².